The van der Waals surface area contributed by atoms with Crippen LogP contribution in [0.2, 0.25) is 0 Å². The molecular weight excluding hydrogens is 290 g/mol. The van der Waals surface area contributed by atoms with Crippen LogP contribution in [0.15, 0.2) is 47.5 Å². The molecule has 0 amide bonds. The molecule has 2 rings (SSSR count). The Labute approximate surface area is 136 Å². The molecule has 122 valence electrons. The zero-order valence-electron chi connectivity index (χ0n) is 13.7. The van der Waals surface area contributed by atoms with E-state index in [2.05, 4.69) is 16.4 Å². The number of nitrogens with zero attached hydrogens (tertiary/aromatic N) is 1. The van der Waals surface area contributed by atoms with Crippen molar-refractivity contribution in [3.8, 4) is 5.75 Å². The zero-order chi connectivity index (χ0) is 16.8. The number of nitrogens with two attached hydrogens (primary N) is 1. The number of rotatable bonds is 5. The van der Waals surface area contributed by atoms with Gasteiger partial charge in [-0.1, -0.05) is 18.2 Å². The van der Waals surface area contributed by atoms with Crippen LogP contribution in [0, 0.1) is 13.8 Å². The van der Waals surface area contributed by atoms with Crippen molar-refractivity contribution in [2.45, 2.75) is 20.0 Å². The molecule has 0 fully saturated rings. The van der Waals surface area contributed by atoms with Gasteiger partial charge in [-0.15, -0.1) is 0 Å². The van der Waals surface area contributed by atoms with Gasteiger partial charge in [0.25, 0.3) is 0 Å². The number of hydrogen-bond donors (Lipinski definition) is 3. The normalized spacial score (nSPS) is 12.8. The fourth-order valence-corrected chi connectivity index (χ4v) is 2.35. The Kier molecular flexibility index (Phi) is 5.60. The molecule has 0 aliphatic rings. The number of hydrogen-bond acceptors (Lipinski definition) is 3. The molecule has 0 aliphatic heterocycles. The molecule has 0 heterocycles. The van der Waals surface area contributed by atoms with Crippen LogP contribution in [-0.4, -0.2) is 24.7 Å². The molecule has 0 saturated carbocycles. The summed E-state index contributed by atoms with van der Waals surface area (Å²) in [6.45, 7) is 4.24. The van der Waals surface area contributed by atoms with E-state index in [9.17, 15) is 5.11 Å². The Morgan fingerprint density at radius 2 is 1.78 bits per heavy atom. The summed E-state index contributed by atoms with van der Waals surface area (Å²) in [6.07, 6.45) is -0.708. The van der Waals surface area contributed by atoms with Gasteiger partial charge < -0.3 is 20.9 Å². The van der Waals surface area contributed by atoms with E-state index in [0.717, 1.165) is 28.1 Å². The Morgan fingerprint density at radius 1 is 1.17 bits per heavy atom. The van der Waals surface area contributed by atoms with Gasteiger partial charge >= 0.3 is 0 Å². The largest absolute Gasteiger partial charge is 0.497 e. The smallest absolute Gasteiger partial charge is 0.193 e. The van der Waals surface area contributed by atoms with E-state index in [-0.39, 0.29) is 12.5 Å². The van der Waals surface area contributed by atoms with Crippen molar-refractivity contribution in [3.05, 3.63) is 59.2 Å². The lowest BCUT2D eigenvalue weighted by Crippen LogP contribution is -2.23. The lowest BCUT2D eigenvalue weighted by atomic mass is 10.1. The first-order valence-corrected chi connectivity index (χ1v) is 7.45. The summed E-state index contributed by atoms with van der Waals surface area (Å²) in [5, 5.41) is 13.2. The van der Waals surface area contributed by atoms with Gasteiger partial charge in [0.05, 0.1) is 19.8 Å². The third-order valence-electron chi connectivity index (χ3n) is 3.43. The molecule has 0 saturated heterocycles. The molecular formula is C18H23N3O2. The molecule has 1 unspecified atom stereocenters. The number of guanidine groups is 1. The minimum Gasteiger partial charge on any atom is -0.497 e. The maximum Gasteiger partial charge on any atom is 0.193 e. The highest BCUT2D eigenvalue weighted by Crippen LogP contribution is 2.18. The highest BCUT2D eigenvalue weighted by Gasteiger charge is 2.07. The fourth-order valence-electron chi connectivity index (χ4n) is 2.35. The van der Waals surface area contributed by atoms with Gasteiger partial charge in [0.2, 0.25) is 0 Å². The quantitative estimate of drug-likeness (QED) is 0.586. The molecule has 4 N–H and O–H groups in total. The summed E-state index contributed by atoms with van der Waals surface area (Å²) < 4.78 is 5.09. The number of methoxy groups -OCH3 is 1. The van der Waals surface area contributed by atoms with Gasteiger partial charge in [0.15, 0.2) is 5.96 Å². The van der Waals surface area contributed by atoms with Crippen molar-refractivity contribution in [2.24, 2.45) is 10.7 Å². The van der Waals surface area contributed by atoms with Crippen LogP contribution < -0.4 is 15.8 Å². The topological polar surface area (TPSA) is 79.9 Å². The molecule has 0 radical (unpaired) electrons. The molecule has 0 aromatic heterocycles. The highest BCUT2D eigenvalue weighted by atomic mass is 16.5. The van der Waals surface area contributed by atoms with Crippen LogP contribution in [-0.2, 0) is 0 Å². The molecule has 0 spiro atoms. The second-order valence-corrected chi connectivity index (χ2v) is 5.52. The van der Waals surface area contributed by atoms with Crippen molar-refractivity contribution < 1.29 is 9.84 Å². The molecule has 2 aromatic carbocycles. The summed E-state index contributed by atoms with van der Waals surface area (Å²) >= 11 is 0. The predicted octanol–water partition coefficient (Wildman–Crippen LogP) is 2.77. The number of aryl methyl sites for hydroxylation is 2. The number of aliphatic imine (C=N–C) groups is 1. The van der Waals surface area contributed by atoms with Crippen molar-refractivity contribution in [2.75, 3.05) is 19.0 Å². The van der Waals surface area contributed by atoms with Crippen molar-refractivity contribution >= 4 is 11.6 Å². The van der Waals surface area contributed by atoms with Crippen molar-refractivity contribution in [3.63, 3.8) is 0 Å². The van der Waals surface area contributed by atoms with Gasteiger partial charge in [-0.3, -0.25) is 4.99 Å². The van der Waals surface area contributed by atoms with Crippen LogP contribution in [0.4, 0.5) is 5.69 Å². The number of aliphatic hydroxyl groups excluding tert-OH is 1. The lowest BCUT2D eigenvalue weighted by Gasteiger charge is -2.11. The summed E-state index contributed by atoms with van der Waals surface area (Å²) in [4.78, 5) is 4.20. The molecule has 0 bridgehead atoms. The van der Waals surface area contributed by atoms with E-state index >= 15 is 0 Å². The SMILES string of the molecule is COc1ccc(C(O)CN=C(N)Nc2cc(C)cc(C)c2)cc1. The van der Waals surface area contributed by atoms with E-state index in [1.165, 1.54) is 0 Å². The van der Waals surface area contributed by atoms with Gasteiger partial charge in [-0.05, 0) is 54.8 Å². The maximum absolute atomic E-state index is 10.2. The number of aliphatic hydroxyl groups is 1. The van der Waals surface area contributed by atoms with Crippen molar-refractivity contribution in [1.82, 2.24) is 0 Å². The molecule has 1 atom stereocenters. The first kappa shape index (κ1) is 16.8. The third kappa shape index (κ3) is 5.00. The van der Waals surface area contributed by atoms with Crippen LogP contribution >= 0.6 is 0 Å². The molecule has 0 aliphatic carbocycles. The second kappa shape index (κ2) is 7.65. The lowest BCUT2D eigenvalue weighted by molar-refractivity contribution is 0.187. The fraction of sp³-hybridized carbons (Fsp3) is 0.278. The first-order valence-electron chi connectivity index (χ1n) is 7.45. The molecule has 2 aromatic rings. The van der Waals surface area contributed by atoms with Gasteiger partial charge in [0.1, 0.15) is 5.75 Å². The Bertz CT molecular complexity index is 661. The minimum atomic E-state index is -0.708. The number of ether oxygens (including phenoxy) is 1. The number of nitrogens with one attached hydrogen (secondary N) is 1. The molecule has 5 nitrogen and oxygen atoms in total. The zero-order valence-corrected chi connectivity index (χ0v) is 13.7. The Morgan fingerprint density at radius 3 is 2.35 bits per heavy atom. The molecule has 5 heteroatoms. The van der Waals surface area contributed by atoms with E-state index in [1.54, 1.807) is 19.2 Å². The Hall–Kier alpha value is -2.53. The predicted molar refractivity (Wildman–Crippen MR) is 94.0 cm³/mol. The Balaban J connectivity index is 1.97. The third-order valence-corrected chi connectivity index (χ3v) is 3.43. The van der Waals surface area contributed by atoms with Gasteiger partial charge in [-0.25, -0.2) is 0 Å². The first-order chi connectivity index (χ1) is 11.0. The van der Waals surface area contributed by atoms with E-state index in [4.69, 9.17) is 10.5 Å². The van der Waals surface area contributed by atoms with Crippen LogP contribution in [0.25, 0.3) is 0 Å². The van der Waals surface area contributed by atoms with Crippen molar-refractivity contribution in [1.29, 1.82) is 0 Å². The highest BCUT2D eigenvalue weighted by molar-refractivity contribution is 5.92. The van der Waals surface area contributed by atoms with E-state index in [1.807, 2.05) is 38.1 Å². The summed E-state index contributed by atoms with van der Waals surface area (Å²) in [6, 6.07) is 13.3. The average Bonchev–Trinajstić information content (AvgIpc) is 2.51. The van der Waals surface area contributed by atoms with Crippen LogP contribution in [0.3, 0.4) is 0 Å². The van der Waals surface area contributed by atoms with E-state index < -0.39 is 6.10 Å². The van der Waals surface area contributed by atoms with Gasteiger partial charge in [0, 0.05) is 5.69 Å². The minimum absolute atomic E-state index is 0.190. The second-order valence-electron chi connectivity index (χ2n) is 5.52. The summed E-state index contributed by atoms with van der Waals surface area (Å²) in [5.41, 5.74) is 9.85. The average molecular weight is 313 g/mol. The number of anilines is 1. The van der Waals surface area contributed by atoms with E-state index in [0.29, 0.717) is 0 Å². The number of benzene rings is 2. The van der Waals surface area contributed by atoms with Crippen LogP contribution in [0.1, 0.15) is 22.8 Å². The molecule has 23 heavy (non-hydrogen) atoms. The monoisotopic (exact) mass is 313 g/mol. The van der Waals surface area contributed by atoms with Crippen LogP contribution in [0.5, 0.6) is 5.75 Å². The summed E-state index contributed by atoms with van der Waals surface area (Å²) in [7, 11) is 1.61. The van der Waals surface area contributed by atoms with Gasteiger partial charge in [-0.2, -0.15) is 0 Å². The maximum atomic E-state index is 10.2. The summed E-state index contributed by atoms with van der Waals surface area (Å²) in [5.74, 6) is 1.03. The standard InChI is InChI=1S/C18H23N3O2/c1-12-8-13(2)10-15(9-12)21-18(19)20-11-17(22)14-4-6-16(23-3)7-5-14/h4-10,17,22H,11H2,1-3H3,(H3,19,20,21).